The number of esters is 1. The smallest absolute Gasteiger partial charge is 0.339 e. The Labute approximate surface area is 172 Å². The molecule has 1 amide bonds. The van der Waals surface area contributed by atoms with Gasteiger partial charge in [-0.1, -0.05) is 41.4 Å². The van der Waals surface area contributed by atoms with Crippen LogP contribution in [-0.4, -0.2) is 35.6 Å². The number of halogens is 2. The Kier molecular flexibility index (Phi) is 7.05. The standard InChI is InChI=1S/C20H19Cl2NO3S/c21-15-8-7-14(17(22)11-15)12-26-20(25)16-5-1-2-6-18(16)27-13-19(24)23-9-3-4-10-23/h1-2,5-8,11H,3-4,9-10,12-13H2. The predicted octanol–water partition coefficient (Wildman–Crippen LogP) is 5.06. The van der Waals surface area contributed by atoms with Crippen LogP contribution in [0.4, 0.5) is 0 Å². The van der Waals surface area contributed by atoms with Crippen LogP contribution in [0.15, 0.2) is 47.4 Å². The third-order valence-electron chi connectivity index (χ3n) is 4.29. The van der Waals surface area contributed by atoms with Crippen molar-refractivity contribution in [2.75, 3.05) is 18.8 Å². The molecule has 0 N–H and O–H groups in total. The average molecular weight is 424 g/mol. The number of amides is 1. The van der Waals surface area contributed by atoms with Crippen molar-refractivity contribution in [2.45, 2.75) is 24.3 Å². The Bertz CT molecular complexity index is 838. The van der Waals surface area contributed by atoms with Crippen molar-refractivity contribution < 1.29 is 14.3 Å². The van der Waals surface area contributed by atoms with Crippen molar-refractivity contribution in [1.82, 2.24) is 4.90 Å². The van der Waals surface area contributed by atoms with Gasteiger partial charge in [-0.2, -0.15) is 0 Å². The molecule has 1 aliphatic rings. The Hall–Kier alpha value is -1.69. The van der Waals surface area contributed by atoms with Crippen molar-refractivity contribution in [2.24, 2.45) is 0 Å². The molecule has 1 fully saturated rings. The molecular weight excluding hydrogens is 405 g/mol. The van der Waals surface area contributed by atoms with Crippen LogP contribution in [0.25, 0.3) is 0 Å². The molecule has 0 unspecified atom stereocenters. The van der Waals surface area contributed by atoms with E-state index >= 15 is 0 Å². The molecule has 0 aliphatic carbocycles. The fourth-order valence-electron chi connectivity index (χ4n) is 2.82. The zero-order valence-electron chi connectivity index (χ0n) is 14.6. The van der Waals surface area contributed by atoms with Crippen LogP contribution >= 0.6 is 35.0 Å². The van der Waals surface area contributed by atoms with E-state index in [0.29, 0.717) is 26.9 Å². The van der Waals surface area contributed by atoms with Crippen LogP contribution in [0.5, 0.6) is 0 Å². The highest BCUT2D eigenvalue weighted by Crippen LogP contribution is 2.26. The highest BCUT2D eigenvalue weighted by atomic mass is 35.5. The van der Waals surface area contributed by atoms with Crippen LogP contribution in [-0.2, 0) is 16.1 Å². The fourth-order valence-corrected chi connectivity index (χ4v) is 4.22. The Morgan fingerprint density at radius 1 is 1.07 bits per heavy atom. The lowest BCUT2D eigenvalue weighted by Crippen LogP contribution is -2.29. The van der Waals surface area contributed by atoms with Gasteiger partial charge in [-0.25, -0.2) is 4.79 Å². The number of carbonyl (C=O) groups is 2. The molecule has 0 saturated carbocycles. The van der Waals surface area contributed by atoms with Crippen LogP contribution in [0.1, 0.15) is 28.8 Å². The molecule has 27 heavy (non-hydrogen) atoms. The van der Waals surface area contributed by atoms with Crippen molar-refractivity contribution in [3.05, 3.63) is 63.6 Å². The minimum absolute atomic E-state index is 0.0561. The number of rotatable bonds is 6. The van der Waals surface area contributed by atoms with E-state index in [0.717, 1.165) is 30.8 Å². The third kappa shape index (κ3) is 5.41. The molecule has 0 aromatic heterocycles. The van der Waals surface area contributed by atoms with Crippen molar-refractivity contribution >= 4 is 46.8 Å². The second-order valence-electron chi connectivity index (χ2n) is 6.18. The van der Waals surface area contributed by atoms with Gasteiger partial charge in [0.2, 0.25) is 5.91 Å². The summed E-state index contributed by atoms with van der Waals surface area (Å²) in [7, 11) is 0. The molecule has 142 valence electrons. The lowest BCUT2D eigenvalue weighted by Gasteiger charge is -2.15. The molecule has 1 aliphatic heterocycles. The van der Waals surface area contributed by atoms with Crippen LogP contribution in [0.2, 0.25) is 10.0 Å². The van der Waals surface area contributed by atoms with E-state index in [-0.39, 0.29) is 12.5 Å². The number of hydrogen-bond acceptors (Lipinski definition) is 4. The van der Waals surface area contributed by atoms with E-state index in [1.807, 2.05) is 17.0 Å². The largest absolute Gasteiger partial charge is 0.457 e. The number of ether oxygens (including phenoxy) is 1. The van der Waals surface area contributed by atoms with Gasteiger partial charge in [0.1, 0.15) is 6.61 Å². The van der Waals surface area contributed by atoms with E-state index in [4.69, 9.17) is 27.9 Å². The molecule has 1 saturated heterocycles. The molecule has 0 radical (unpaired) electrons. The van der Waals surface area contributed by atoms with Crippen LogP contribution < -0.4 is 0 Å². The summed E-state index contributed by atoms with van der Waals surface area (Å²) in [4.78, 5) is 27.4. The highest BCUT2D eigenvalue weighted by molar-refractivity contribution is 8.00. The van der Waals surface area contributed by atoms with E-state index < -0.39 is 5.97 Å². The normalized spacial score (nSPS) is 13.6. The zero-order chi connectivity index (χ0) is 19.2. The lowest BCUT2D eigenvalue weighted by atomic mass is 10.2. The van der Waals surface area contributed by atoms with Gasteiger partial charge in [-0.3, -0.25) is 4.79 Å². The maximum atomic E-state index is 12.5. The van der Waals surface area contributed by atoms with E-state index in [9.17, 15) is 9.59 Å². The first kappa shape index (κ1) is 20.1. The number of likely N-dealkylation sites (tertiary alicyclic amines) is 1. The maximum Gasteiger partial charge on any atom is 0.339 e. The van der Waals surface area contributed by atoms with Gasteiger partial charge in [-0.15, -0.1) is 11.8 Å². The molecule has 3 rings (SSSR count). The SMILES string of the molecule is O=C(OCc1ccc(Cl)cc1Cl)c1ccccc1SCC(=O)N1CCCC1. The molecule has 2 aromatic rings. The molecular formula is C20H19Cl2NO3S. The minimum Gasteiger partial charge on any atom is -0.457 e. The van der Waals surface area contributed by atoms with E-state index in [2.05, 4.69) is 0 Å². The summed E-state index contributed by atoms with van der Waals surface area (Å²) < 4.78 is 5.41. The summed E-state index contributed by atoms with van der Waals surface area (Å²) in [5.74, 6) is -0.0285. The topological polar surface area (TPSA) is 46.6 Å². The lowest BCUT2D eigenvalue weighted by molar-refractivity contribution is -0.127. The molecule has 2 aromatic carbocycles. The monoisotopic (exact) mass is 423 g/mol. The first-order chi connectivity index (χ1) is 13.0. The molecule has 0 spiro atoms. The van der Waals surface area contributed by atoms with Gasteiger partial charge >= 0.3 is 5.97 Å². The molecule has 0 atom stereocenters. The Morgan fingerprint density at radius 2 is 1.81 bits per heavy atom. The Balaban J connectivity index is 1.62. The number of thioether (sulfide) groups is 1. The van der Waals surface area contributed by atoms with Crippen molar-refractivity contribution in [1.29, 1.82) is 0 Å². The summed E-state index contributed by atoms with van der Waals surface area (Å²) in [6.45, 7) is 1.70. The summed E-state index contributed by atoms with van der Waals surface area (Å²) in [6, 6.07) is 12.2. The van der Waals surface area contributed by atoms with Crippen LogP contribution in [0.3, 0.4) is 0 Å². The second-order valence-corrected chi connectivity index (χ2v) is 8.05. The summed E-state index contributed by atoms with van der Waals surface area (Å²) in [6.07, 6.45) is 2.12. The first-order valence-corrected chi connectivity index (χ1v) is 10.4. The van der Waals surface area contributed by atoms with E-state index in [1.54, 1.807) is 30.3 Å². The quantitative estimate of drug-likeness (QED) is 0.480. The van der Waals surface area contributed by atoms with Gasteiger partial charge < -0.3 is 9.64 Å². The number of nitrogens with zero attached hydrogens (tertiary/aromatic N) is 1. The Morgan fingerprint density at radius 3 is 2.56 bits per heavy atom. The zero-order valence-corrected chi connectivity index (χ0v) is 16.9. The highest BCUT2D eigenvalue weighted by Gasteiger charge is 2.19. The van der Waals surface area contributed by atoms with E-state index in [1.165, 1.54) is 11.8 Å². The predicted molar refractivity (Wildman–Crippen MR) is 109 cm³/mol. The number of benzene rings is 2. The summed E-state index contributed by atoms with van der Waals surface area (Å²) >= 11 is 13.4. The molecule has 1 heterocycles. The number of carbonyl (C=O) groups excluding carboxylic acids is 2. The van der Waals surface area contributed by atoms with Gasteiger partial charge in [0.05, 0.1) is 11.3 Å². The third-order valence-corrected chi connectivity index (χ3v) is 5.94. The fraction of sp³-hybridized carbons (Fsp3) is 0.300. The van der Waals surface area contributed by atoms with Gasteiger partial charge in [-0.05, 0) is 37.1 Å². The second kappa shape index (κ2) is 9.49. The first-order valence-electron chi connectivity index (χ1n) is 8.65. The molecule has 4 nitrogen and oxygen atoms in total. The molecule has 7 heteroatoms. The van der Waals surface area contributed by atoms with Gasteiger partial charge in [0.25, 0.3) is 0 Å². The van der Waals surface area contributed by atoms with Crippen LogP contribution in [0, 0.1) is 0 Å². The summed E-state index contributed by atoms with van der Waals surface area (Å²) in [5.41, 5.74) is 1.13. The maximum absolute atomic E-state index is 12.5. The van der Waals surface area contributed by atoms with Gasteiger partial charge in [0.15, 0.2) is 0 Å². The summed E-state index contributed by atoms with van der Waals surface area (Å²) in [5, 5.41) is 0.980. The average Bonchev–Trinajstić information content (AvgIpc) is 3.20. The minimum atomic E-state index is -0.447. The van der Waals surface area contributed by atoms with Gasteiger partial charge in [0, 0.05) is 33.6 Å². The molecule has 0 bridgehead atoms. The number of hydrogen-bond donors (Lipinski definition) is 0. The van der Waals surface area contributed by atoms with Crippen molar-refractivity contribution in [3.8, 4) is 0 Å². The van der Waals surface area contributed by atoms with Crippen molar-refractivity contribution in [3.63, 3.8) is 0 Å².